The van der Waals surface area contributed by atoms with Crippen molar-refractivity contribution in [2.24, 2.45) is 0 Å². The number of ether oxygens (including phenoxy) is 1. The van der Waals surface area contributed by atoms with Gasteiger partial charge in [0.15, 0.2) is 0 Å². The summed E-state index contributed by atoms with van der Waals surface area (Å²) in [6, 6.07) is 11.6. The fourth-order valence-corrected chi connectivity index (χ4v) is 2.32. The highest BCUT2D eigenvalue weighted by Crippen LogP contribution is 2.32. The van der Waals surface area contributed by atoms with Crippen molar-refractivity contribution in [2.75, 3.05) is 5.32 Å². The number of nitro groups is 1. The highest BCUT2D eigenvalue weighted by molar-refractivity contribution is 5.94. The maximum Gasteiger partial charge on any atom is 0.340 e. The number of anilines is 1. The molecule has 2 aromatic rings. The van der Waals surface area contributed by atoms with Gasteiger partial charge in [-0.2, -0.15) is 0 Å². The summed E-state index contributed by atoms with van der Waals surface area (Å²) in [5.74, 6) is -0.373. The van der Waals surface area contributed by atoms with E-state index in [0.29, 0.717) is 16.8 Å². The average Bonchev–Trinajstić information content (AvgIpc) is 2.78. The molecule has 2 aromatic carbocycles. The highest BCUT2D eigenvalue weighted by Gasteiger charge is 2.30. The molecule has 0 aromatic heterocycles. The normalized spacial score (nSPS) is 16.2. The molecule has 21 heavy (non-hydrogen) atoms. The van der Waals surface area contributed by atoms with Gasteiger partial charge in [-0.3, -0.25) is 10.1 Å². The van der Waals surface area contributed by atoms with Gasteiger partial charge in [-0.1, -0.05) is 18.2 Å². The summed E-state index contributed by atoms with van der Waals surface area (Å²) in [5.41, 5.74) is 2.73. The first kappa shape index (κ1) is 13.1. The Morgan fingerprint density at radius 1 is 1.24 bits per heavy atom. The van der Waals surface area contributed by atoms with E-state index in [2.05, 4.69) is 5.32 Å². The van der Waals surface area contributed by atoms with Gasteiger partial charge >= 0.3 is 5.97 Å². The number of nitro benzene ring substituents is 1. The predicted molar refractivity (Wildman–Crippen MR) is 76.1 cm³/mol. The minimum Gasteiger partial charge on any atom is -0.434 e. The molecule has 0 spiro atoms. The van der Waals surface area contributed by atoms with Crippen LogP contribution in [-0.2, 0) is 4.74 Å². The molecule has 0 unspecified atom stereocenters. The lowest BCUT2D eigenvalue weighted by molar-refractivity contribution is -0.384. The van der Waals surface area contributed by atoms with Crippen molar-refractivity contribution >= 4 is 17.3 Å². The molecule has 1 N–H and O–H groups in total. The Morgan fingerprint density at radius 3 is 2.71 bits per heavy atom. The maximum absolute atomic E-state index is 11.7. The smallest absolute Gasteiger partial charge is 0.340 e. The van der Waals surface area contributed by atoms with Crippen molar-refractivity contribution in [1.29, 1.82) is 0 Å². The van der Waals surface area contributed by atoms with Crippen molar-refractivity contribution in [1.82, 2.24) is 0 Å². The summed E-state index contributed by atoms with van der Waals surface area (Å²) < 4.78 is 5.28. The summed E-state index contributed by atoms with van der Waals surface area (Å²) in [6.07, 6.45) is -0.575. The number of hydrogen-bond donors (Lipinski definition) is 1. The van der Waals surface area contributed by atoms with Crippen LogP contribution in [0.5, 0.6) is 0 Å². The molecule has 0 aliphatic carbocycles. The van der Waals surface area contributed by atoms with Crippen LogP contribution < -0.4 is 5.32 Å². The van der Waals surface area contributed by atoms with Gasteiger partial charge in [-0.05, 0) is 24.6 Å². The molecular formula is C15H12N2O4. The van der Waals surface area contributed by atoms with Crippen LogP contribution in [0, 0.1) is 17.0 Å². The van der Waals surface area contributed by atoms with Crippen molar-refractivity contribution in [3.05, 3.63) is 69.3 Å². The Morgan fingerprint density at radius 2 is 2.00 bits per heavy atom. The molecule has 3 rings (SSSR count). The van der Waals surface area contributed by atoms with Crippen LogP contribution in [0.1, 0.15) is 27.7 Å². The molecule has 1 heterocycles. The fraction of sp³-hybridized carbons (Fsp3) is 0.133. The van der Waals surface area contributed by atoms with Gasteiger partial charge in [0.05, 0.1) is 10.5 Å². The number of rotatable bonds is 3. The number of aryl methyl sites for hydroxylation is 1. The molecular weight excluding hydrogens is 272 g/mol. The van der Waals surface area contributed by atoms with Crippen LogP contribution >= 0.6 is 0 Å². The molecule has 0 saturated carbocycles. The summed E-state index contributed by atoms with van der Waals surface area (Å²) in [6.45, 7) is 1.76. The lowest BCUT2D eigenvalue weighted by Crippen LogP contribution is -2.11. The Kier molecular flexibility index (Phi) is 3.06. The Labute approximate surface area is 120 Å². The number of carbonyl (C=O) groups is 1. The molecule has 6 nitrogen and oxygen atoms in total. The Balaban J connectivity index is 1.89. The SMILES string of the molecule is Cc1cc([N+](=O)[O-])ccc1N[C@@H]1OC(=O)c2ccccc21. The van der Waals surface area contributed by atoms with Gasteiger partial charge in [0.2, 0.25) is 6.23 Å². The molecule has 6 heteroatoms. The summed E-state index contributed by atoms with van der Waals surface area (Å²) in [7, 11) is 0. The van der Waals surface area contributed by atoms with E-state index in [4.69, 9.17) is 4.74 Å². The highest BCUT2D eigenvalue weighted by atomic mass is 16.6. The number of fused-ring (bicyclic) bond motifs is 1. The standard InChI is InChI=1S/C15H12N2O4/c1-9-8-10(17(19)20)6-7-13(9)16-14-11-4-2-3-5-12(11)15(18)21-14/h2-8,14,16H,1H3/t14-/m1/s1. The van der Waals surface area contributed by atoms with Crippen molar-refractivity contribution in [2.45, 2.75) is 13.2 Å². The molecule has 0 bridgehead atoms. The van der Waals surface area contributed by atoms with E-state index in [1.807, 2.05) is 12.1 Å². The number of cyclic esters (lactones) is 1. The zero-order chi connectivity index (χ0) is 15.0. The number of nitrogens with zero attached hydrogens (tertiary/aromatic N) is 1. The fourth-order valence-electron chi connectivity index (χ4n) is 2.32. The first-order valence-corrected chi connectivity index (χ1v) is 6.38. The topological polar surface area (TPSA) is 81.5 Å². The van der Waals surface area contributed by atoms with Gasteiger partial charge in [-0.25, -0.2) is 4.79 Å². The average molecular weight is 284 g/mol. The van der Waals surface area contributed by atoms with Crippen LogP contribution in [0.15, 0.2) is 42.5 Å². The summed E-state index contributed by atoms with van der Waals surface area (Å²) in [5, 5.41) is 13.8. The second kappa shape index (κ2) is 4.90. The predicted octanol–water partition coefficient (Wildman–Crippen LogP) is 3.18. The molecule has 1 aliphatic heterocycles. The van der Waals surface area contributed by atoms with E-state index >= 15 is 0 Å². The second-order valence-corrected chi connectivity index (χ2v) is 4.77. The van der Waals surface area contributed by atoms with Crippen LogP contribution in [0.3, 0.4) is 0 Å². The van der Waals surface area contributed by atoms with Crippen LogP contribution in [0.4, 0.5) is 11.4 Å². The molecule has 1 aliphatic rings. The second-order valence-electron chi connectivity index (χ2n) is 4.77. The first-order chi connectivity index (χ1) is 10.1. The van der Waals surface area contributed by atoms with E-state index in [1.54, 1.807) is 25.1 Å². The van der Waals surface area contributed by atoms with Gasteiger partial charge in [0.1, 0.15) is 0 Å². The third-order valence-corrected chi connectivity index (χ3v) is 3.40. The van der Waals surface area contributed by atoms with E-state index in [0.717, 1.165) is 5.56 Å². The van der Waals surface area contributed by atoms with Crippen LogP contribution in [0.25, 0.3) is 0 Å². The zero-order valence-electron chi connectivity index (χ0n) is 11.2. The quantitative estimate of drug-likeness (QED) is 0.532. The lowest BCUT2D eigenvalue weighted by Gasteiger charge is -2.16. The van der Waals surface area contributed by atoms with Gasteiger partial charge in [0.25, 0.3) is 5.69 Å². The Bertz CT molecular complexity index is 742. The number of hydrogen-bond acceptors (Lipinski definition) is 5. The summed E-state index contributed by atoms with van der Waals surface area (Å²) >= 11 is 0. The molecule has 0 fully saturated rings. The number of esters is 1. The van der Waals surface area contributed by atoms with E-state index in [-0.39, 0.29) is 11.7 Å². The van der Waals surface area contributed by atoms with Crippen molar-refractivity contribution in [3.63, 3.8) is 0 Å². The minimum absolute atomic E-state index is 0.0295. The van der Waals surface area contributed by atoms with E-state index < -0.39 is 11.2 Å². The number of benzene rings is 2. The molecule has 0 amide bonds. The number of carbonyl (C=O) groups excluding carboxylic acids is 1. The number of nitrogens with one attached hydrogen (secondary N) is 1. The third kappa shape index (κ3) is 2.31. The zero-order valence-corrected chi connectivity index (χ0v) is 11.2. The largest absolute Gasteiger partial charge is 0.434 e. The van der Waals surface area contributed by atoms with Gasteiger partial charge < -0.3 is 10.1 Å². The van der Waals surface area contributed by atoms with Crippen molar-refractivity contribution < 1.29 is 14.5 Å². The van der Waals surface area contributed by atoms with Crippen LogP contribution in [0.2, 0.25) is 0 Å². The van der Waals surface area contributed by atoms with Crippen molar-refractivity contribution in [3.8, 4) is 0 Å². The monoisotopic (exact) mass is 284 g/mol. The van der Waals surface area contributed by atoms with Gasteiger partial charge in [-0.15, -0.1) is 0 Å². The third-order valence-electron chi connectivity index (χ3n) is 3.40. The molecule has 1 atom stereocenters. The molecule has 106 valence electrons. The van der Waals surface area contributed by atoms with E-state index in [9.17, 15) is 14.9 Å². The van der Waals surface area contributed by atoms with Crippen LogP contribution in [-0.4, -0.2) is 10.9 Å². The first-order valence-electron chi connectivity index (χ1n) is 6.38. The molecule has 0 radical (unpaired) electrons. The van der Waals surface area contributed by atoms with E-state index in [1.165, 1.54) is 12.1 Å². The minimum atomic E-state index is -0.575. The number of non-ortho nitro benzene ring substituents is 1. The summed E-state index contributed by atoms with van der Waals surface area (Å²) in [4.78, 5) is 22.0. The maximum atomic E-state index is 11.7. The lowest BCUT2D eigenvalue weighted by atomic mass is 10.1. The van der Waals surface area contributed by atoms with Gasteiger partial charge in [0, 0.05) is 23.4 Å². The Hall–Kier alpha value is -2.89. The molecule has 0 saturated heterocycles.